The largest absolute Gasteiger partial charge is 0.172 e. The molecule has 0 N–H and O–H groups in total. The lowest BCUT2D eigenvalue weighted by atomic mass is 9.73. The minimum absolute atomic E-state index is 0.0866. The van der Waals surface area contributed by atoms with Crippen molar-refractivity contribution < 1.29 is 0 Å². The molecule has 0 amide bonds. The first-order chi connectivity index (χ1) is 12.9. The summed E-state index contributed by atoms with van der Waals surface area (Å²) in [7, 11) is 0. The van der Waals surface area contributed by atoms with Gasteiger partial charge in [-0.1, -0.05) is 97.1 Å². The highest BCUT2D eigenvalue weighted by Gasteiger charge is 2.39. The van der Waals surface area contributed by atoms with Gasteiger partial charge in [0, 0.05) is 5.92 Å². The Morgan fingerprint density at radius 1 is 0.654 bits per heavy atom. The SMILES string of the molecule is C1=CC(c2ccccc2)C(N=Nc2ccccc2)(c2ccccc2)C=C1. The van der Waals surface area contributed by atoms with E-state index in [1.54, 1.807) is 0 Å². The molecular formula is C24H20N2. The highest BCUT2D eigenvalue weighted by molar-refractivity contribution is 5.45. The highest BCUT2D eigenvalue weighted by atomic mass is 15.2. The second-order valence-electron chi connectivity index (χ2n) is 6.36. The van der Waals surface area contributed by atoms with Crippen molar-refractivity contribution >= 4 is 5.69 Å². The van der Waals surface area contributed by atoms with E-state index in [1.807, 2.05) is 42.5 Å². The second-order valence-corrected chi connectivity index (χ2v) is 6.36. The van der Waals surface area contributed by atoms with Crippen molar-refractivity contribution in [2.45, 2.75) is 11.5 Å². The minimum atomic E-state index is -0.562. The fourth-order valence-corrected chi connectivity index (χ4v) is 3.42. The van der Waals surface area contributed by atoms with Gasteiger partial charge >= 0.3 is 0 Å². The van der Waals surface area contributed by atoms with Gasteiger partial charge in [0.15, 0.2) is 0 Å². The molecule has 2 atom stereocenters. The zero-order chi connectivity index (χ0) is 17.7. The van der Waals surface area contributed by atoms with Gasteiger partial charge in [-0.2, -0.15) is 10.2 Å². The van der Waals surface area contributed by atoms with E-state index in [-0.39, 0.29) is 5.92 Å². The maximum atomic E-state index is 4.90. The summed E-state index contributed by atoms with van der Waals surface area (Å²) >= 11 is 0. The Kier molecular flexibility index (Phi) is 4.57. The van der Waals surface area contributed by atoms with Gasteiger partial charge in [0.1, 0.15) is 5.54 Å². The summed E-state index contributed by atoms with van der Waals surface area (Å²) in [5.41, 5.74) is 2.66. The van der Waals surface area contributed by atoms with E-state index in [0.717, 1.165) is 11.3 Å². The van der Waals surface area contributed by atoms with Gasteiger partial charge in [0.25, 0.3) is 0 Å². The van der Waals surface area contributed by atoms with Crippen LogP contribution in [0.1, 0.15) is 17.0 Å². The molecule has 0 saturated carbocycles. The van der Waals surface area contributed by atoms with E-state index in [9.17, 15) is 0 Å². The van der Waals surface area contributed by atoms with Crippen LogP contribution in [0.4, 0.5) is 5.69 Å². The van der Waals surface area contributed by atoms with Crippen LogP contribution in [0.25, 0.3) is 0 Å². The Balaban J connectivity index is 1.86. The van der Waals surface area contributed by atoms with Gasteiger partial charge in [-0.3, -0.25) is 0 Å². The number of benzene rings is 3. The molecule has 3 aromatic rings. The lowest BCUT2D eigenvalue weighted by Crippen LogP contribution is -2.29. The molecule has 26 heavy (non-hydrogen) atoms. The predicted molar refractivity (Wildman–Crippen MR) is 107 cm³/mol. The fraction of sp³-hybridized carbons (Fsp3) is 0.0833. The summed E-state index contributed by atoms with van der Waals surface area (Å²) in [6, 6.07) is 30.8. The lowest BCUT2D eigenvalue weighted by molar-refractivity contribution is 0.476. The molecule has 4 rings (SSSR count). The summed E-state index contributed by atoms with van der Waals surface area (Å²) in [6.07, 6.45) is 8.53. The smallest absolute Gasteiger partial charge is 0.135 e. The molecule has 2 nitrogen and oxygen atoms in total. The number of rotatable bonds is 4. The average molecular weight is 336 g/mol. The molecule has 2 unspecified atom stereocenters. The zero-order valence-corrected chi connectivity index (χ0v) is 14.4. The van der Waals surface area contributed by atoms with Crippen LogP contribution in [0.5, 0.6) is 0 Å². The summed E-state index contributed by atoms with van der Waals surface area (Å²) in [6.45, 7) is 0. The number of azo groups is 1. The number of hydrogen-bond donors (Lipinski definition) is 0. The van der Waals surface area contributed by atoms with Crippen molar-refractivity contribution in [2.24, 2.45) is 10.2 Å². The number of allylic oxidation sites excluding steroid dienone is 2. The number of nitrogens with zero attached hydrogens (tertiary/aromatic N) is 2. The summed E-state index contributed by atoms with van der Waals surface area (Å²) in [5, 5.41) is 9.49. The summed E-state index contributed by atoms with van der Waals surface area (Å²) in [4.78, 5) is 0. The molecule has 0 saturated heterocycles. The Labute approximate surface area is 154 Å². The van der Waals surface area contributed by atoms with Gasteiger partial charge in [-0.25, -0.2) is 0 Å². The first kappa shape index (κ1) is 16.2. The van der Waals surface area contributed by atoms with Gasteiger partial charge in [0.2, 0.25) is 0 Å². The van der Waals surface area contributed by atoms with Crippen molar-refractivity contribution in [1.29, 1.82) is 0 Å². The van der Waals surface area contributed by atoms with E-state index in [0.29, 0.717) is 0 Å². The van der Waals surface area contributed by atoms with Crippen molar-refractivity contribution in [2.75, 3.05) is 0 Å². The third-order valence-corrected chi connectivity index (χ3v) is 4.72. The van der Waals surface area contributed by atoms with E-state index in [4.69, 9.17) is 5.11 Å². The van der Waals surface area contributed by atoms with Gasteiger partial charge in [-0.05, 0) is 29.3 Å². The van der Waals surface area contributed by atoms with Crippen molar-refractivity contribution in [3.05, 3.63) is 126 Å². The Morgan fingerprint density at radius 2 is 1.27 bits per heavy atom. The maximum Gasteiger partial charge on any atom is 0.135 e. The molecule has 0 aliphatic heterocycles. The Bertz CT molecular complexity index is 928. The minimum Gasteiger partial charge on any atom is -0.172 e. The fourth-order valence-electron chi connectivity index (χ4n) is 3.42. The zero-order valence-electron chi connectivity index (χ0n) is 14.4. The summed E-state index contributed by atoms with van der Waals surface area (Å²) < 4.78 is 0. The molecular weight excluding hydrogens is 316 g/mol. The highest BCUT2D eigenvalue weighted by Crippen LogP contribution is 2.45. The molecule has 1 aliphatic rings. The maximum absolute atomic E-state index is 4.90. The van der Waals surface area contributed by atoms with Crippen LogP contribution in [-0.2, 0) is 5.54 Å². The molecule has 0 fully saturated rings. The monoisotopic (exact) mass is 336 g/mol. The normalized spacial score (nSPS) is 21.9. The third-order valence-electron chi connectivity index (χ3n) is 4.72. The molecule has 0 aromatic heterocycles. The van der Waals surface area contributed by atoms with E-state index >= 15 is 0 Å². The molecule has 126 valence electrons. The topological polar surface area (TPSA) is 24.7 Å². The van der Waals surface area contributed by atoms with Crippen molar-refractivity contribution in [3.63, 3.8) is 0 Å². The molecule has 1 aliphatic carbocycles. The Hall–Kier alpha value is -3.26. The lowest BCUT2D eigenvalue weighted by Gasteiger charge is -2.35. The van der Waals surface area contributed by atoms with Crippen LogP contribution < -0.4 is 0 Å². The van der Waals surface area contributed by atoms with Crippen LogP contribution in [0.15, 0.2) is 126 Å². The predicted octanol–water partition coefficient (Wildman–Crippen LogP) is 6.58. The van der Waals surface area contributed by atoms with Crippen LogP contribution in [0.3, 0.4) is 0 Å². The average Bonchev–Trinajstić information content (AvgIpc) is 2.74. The van der Waals surface area contributed by atoms with Crippen LogP contribution in [-0.4, -0.2) is 0 Å². The van der Waals surface area contributed by atoms with E-state index in [1.165, 1.54) is 5.56 Å². The molecule has 3 aromatic carbocycles. The van der Waals surface area contributed by atoms with Crippen LogP contribution in [0, 0.1) is 0 Å². The Morgan fingerprint density at radius 3 is 1.96 bits per heavy atom. The number of hydrogen-bond acceptors (Lipinski definition) is 2. The van der Waals surface area contributed by atoms with Gasteiger partial charge in [0.05, 0.1) is 5.69 Å². The first-order valence-electron chi connectivity index (χ1n) is 8.83. The third kappa shape index (κ3) is 3.14. The molecule has 0 spiro atoms. The van der Waals surface area contributed by atoms with Crippen LogP contribution >= 0.6 is 0 Å². The quantitative estimate of drug-likeness (QED) is 0.481. The molecule has 0 bridgehead atoms. The molecule has 0 heterocycles. The molecule has 2 heteroatoms. The van der Waals surface area contributed by atoms with Gasteiger partial charge < -0.3 is 0 Å². The second kappa shape index (κ2) is 7.32. The van der Waals surface area contributed by atoms with Crippen LogP contribution in [0.2, 0.25) is 0 Å². The first-order valence-corrected chi connectivity index (χ1v) is 8.83. The molecule has 0 radical (unpaired) electrons. The van der Waals surface area contributed by atoms with E-state index in [2.05, 4.69) is 77.9 Å². The van der Waals surface area contributed by atoms with Crippen molar-refractivity contribution in [1.82, 2.24) is 0 Å². The van der Waals surface area contributed by atoms with E-state index < -0.39 is 5.54 Å². The standard InChI is InChI=1S/C24H20N2/c1-4-12-20(13-5-1)23-18-10-11-19-24(23,21-14-6-2-7-15-21)26-25-22-16-8-3-9-17-22/h1-19,23H. The van der Waals surface area contributed by atoms with Gasteiger partial charge in [-0.15, -0.1) is 0 Å². The summed E-state index contributed by atoms with van der Waals surface area (Å²) in [5.74, 6) is 0.0866. The van der Waals surface area contributed by atoms with Crippen molar-refractivity contribution in [3.8, 4) is 0 Å².